The molecule has 1 atom stereocenters. The molecule has 1 unspecified atom stereocenters. The molecular formula is C16H18N4O4. The number of pyridine rings is 1. The lowest BCUT2D eigenvalue weighted by molar-refractivity contribution is 0.0766. The quantitative estimate of drug-likeness (QED) is 0.813. The van der Waals surface area contributed by atoms with Gasteiger partial charge in [0.15, 0.2) is 0 Å². The zero-order valence-corrected chi connectivity index (χ0v) is 13.5. The second kappa shape index (κ2) is 7.12. The van der Waals surface area contributed by atoms with Gasteiger partial charge >= 0.3 is 0 Å². The van der Waals surface area contributed by atoms with Crippen LogP contribution in [0.1, 0.15) is 16.8 Å². The van der Waals surface area contributed by atoms with Crippen molar-refractivity contribution >= 4 is 5.91 Å². The maximum atomic E-state index is 12.6. The predicted octanol–water partition coefficient (Wildman–Crippen LogP) is 1.18. The second-order valence-electron chi connectivity index (χ2n) is 5.21. The van der Waals surface area contributed by atoms with Crippen molar-refractivity contribution in [2.75, 3.05) is 27.3 Å². The van der Waals surface area contributed by atoms with Crippen LogP contribution in [-0.2, 0) is 0 Å². The smallest absolute Gasteiger partial charge is 0.278 e. The predicted molar refractivity (Wildman–Crippen MR) is 84.3 cm³/mol. The highest BCUT2D eigenvalue weighted by atomic mass is 16.5. The Morgan fingerprint density at radius 2 is 1.79 bits per heavy atom. The van der Waals surface area contributed by atoms with E-state index in [0.29, 0.717) is 42.7 Å². The fraction of sp³-hybridized carbons (Fsp3) is 0.375. The Hall–Kier alpha value is -2.90. The molecule has 0 aromatic carbocycles. The lowest BCUT2D eigenvalue weighted by Gasteiger charge is -2.18. The van der Waals surface area contributed by atoms with Gasteiger partial charge in [0.2, 0.25) is 5.88 Å². The number of carbonyl (C=O) groups excluding carboxylic acids is 1. The van der Waals surface area contributed by atoms with Crippen LogP contribution in [0, 0.1) is 0 Å². The lowest BCUT2D eigenvalue weighted by Crippen LogP contribution is -2.31. The van der Waals surface area contributed by atoms with Crippen molar-refractivity contribution in [2.24, 2.45) is 0 Å². The molecule has 1 fully saturated rings. The van der Waals surface area contributed by atoms with E-state index in [1.807, 2.05) is 0 Å². The summed E-state index contributed by atoms with van der Waals surface area (Å²) in [7, 11) is 3.01. The summed E-state index contributed by atoms with van der Waals surface area (Å²) in [4.78, 5) is 26.6. The van der Waals surface area contributed by atoms with Gasteiger partial charge in [0.25, 0.3) is 17.7 Å². The van der Waals surface area contributed by atoms with Crippen LogP contribution in [0.25, 0.3) is 0 Å². The molecule has 2 aromatic rings. The van der Waals surface area contributed by atoms with Gasteiger partial charge in [-0.2, -0.15) is 0 Å². The Bertz CT molecular complexity index is 725. The lowest BCUT2D eigenvalue weighted by atomic mass is 10.2. The molecule has 0 spiro atoms. The first-order valence-corrected chi connectivity index (χ1v) is 7.53. The minimum Gasteiger partial charge on any atom is -0.480 e. The molecule has 8 nitrogen and oxygen atoms in total. The molecule has 0 radical (unpaired) electrons. The van der Waals surface area contributed by atoms with E-state index < -0.39 is 0 Å². The van der Waals surface area contributed by atoms with Crippen molar-refractivity contribution in [3.05, 3.63) is 36.3 Å². The Kier molecular flexibility index (Phi) is 4.74. The summed E-state index contributed by atoms with van der Waals surface area (Å²) in [5.41, 5.74) is 0.442. The number of nitrogens with zero attached hydrogens (tertiary/aromatic N) is 4. The summed E-state index contributed by atoms with van der Waals surface area (Å²) in [5, 5.41) is 0. The van der Waals surface area contributed by atoms with Crippen LogP contribution < -0.4 is 14.2 Å². The van der Waals surface area contributed by atoms with Crippen molar-refractivity contribution in [2.45, 2.75) is 12.5 Å². The molecule has 3 heterocycles. The average molecular weight is 330 g/mol. The van der Waals surface area contributed by atoms with Crippen LogP contribution in [0.4, 0.5) is 0 Å². The molecule has 0 aliphatic carbocycles. The molecule has 0 saturated carbocycles. The molecule has 1 aliphatic heterocycles. The van der Waals surface area contributed by atoms with Crippen LogP contribution in [-0.4, -0.2) is 59.2 Å². The first-order valence-electron chi connectivity index (χ1n) is 7.53. The molecule has 1 amide bonds. The van der Waals surface area contributed by atoms with Gasteiger partial charge in [-0.3, -0.25) is 4.79 Å². The highest BCUT2D eigenvalue weighted by Gasteiger charge is 2.30. The van der Waals surface area contributed by atoms with Crippen LogP contribution in [0.5, 0.6) is 17.6 Å². The SMILES string of the molecule is COc1ncccc1C(=O)N1CCC(Oc2nccnc2OC)C1. The van der Waals surface area contributed by atoms with Crippen LogP contribution in [0.3, 0.4) is 0 Å². The zero-order valence-electron chi connectivity index (χ0n) is 13.5. The van der Waals surface area contributed by atoms with Crippen LogP contribution in [0.2, 0.25) is 0 Å². The first-order chi connectivity index (χ1) is 11.7. The van der Waals surface area contributed by atoms with Gasteiger partial charge in [0.05, 0.1) is 20.8 Å². The van der Waals surface area contributed by atoms with E-state index in [1.54, 1.807) is 23.2 Å². The van der Waals surface area contributed by atoms with E-state index in [0.717, 1.165) is 0 Å². The van der Waals surface area contributed by atoms with Gasteiger partial charge in [0.1, 0.15) is 11.7 Å². The summed E-state index contributed by atoms with van der Waals surface area (Å²) in [5.74, 6) is 0.856. The topological polar surface area (TPSA) is 86.7 Å². The Labute approximate surface area is 139 Å². The average Bonchev–Trinajstić information content (AvgIpc) is 3.10. The largest absolute Gasteiger partial charge is 0.480 e. The molecule has 8 heteroatoms. The summed E-state index contributed by atoms with van der Waals surface area (Å²) in [6.07, 6.45) is 5.20. The van der Waals surface area contributed by atoms with Gasteiger partial charge in [-0.25, -0.2) is 15.0 Å². The number of carbonyl (C=O) groups is 1. The van der Waals surface area contributed by atoms with E-state index in [4.69, 9.17) is 14.2 Å². The summed E-state index contributed by atoms with van der Waals surface area (Å²) < 4.78 is 16.1. The molecule has 0 N–H and O–H groups in total. The molecule has 126 valence electrons. The van der Waals surface area contributed by atoms with Crippen molar-refractivity contribution in [1.82, 2.24) is 19.9 Å². The summed E-state index contributed by atoms with van der Waals surface area (Å²) in [6, 6.07) is 3.41. The number of ether oxygens (including phenoxy) is 3. The normalized spacial score (nSPS) is 16.8. The Morgan fingerprint density at radius 1 is 1.08 bits per heavy atom. The summed E-state index contributed by atoms with van der Waals surface area (Å²) >= 11 is 0. The fourth-order valence-electron chi connectivity index (χ4n) is 2.59. The molecule has 1 saturated heterocycles. The third-order valence-corrected chi connectivity index (χ3v) is 3.73. The molecule has 1 aliphatic rings. The van der Waals surface area contributed by atoms with Crippen molar-refractivity contribution in [3.63, 3.8) is 0 Å². The molecule has 0 bridgehead atoms. The number of likely N-dealkylation sites (tertiary alicyclic amines) is 1. The number of hydrogen-bond acceptors (Lipinski definition) is 7. The maximum absolute atomic E-state index is 12.6. The van der Waals surface area contributed by atoms with Gasteiger partial charge in [-0.05, 0) is 12.1 Å². The van der Waals surface area contributed by atoms with Gasteiger partial charge < -0.3 is 19.1 Å². The number of amides is 1. The monoisotopic (exact) mass is 330 g/mol. The van der Waals surface area contributed by atoms with Gasteiger partial charge in [0, 0.05) is 31.6 Å². The minimum absolute atomic E-state index is 0.128. The van der Waals surface area contributed by atoms with E-state index in [1.165, 1.54) is 26.6 Å². The van der Waals surface area contributed by atoms with Gasteiger partial charge in [-0.1, -0.05) is 0 Å². The number of hydrogen-bond donors (Lipinski definition) is 0. The van der Waals surface area contributed by atoms with Crippen molar-refractivity contribution in [1.29, 1.82) is 0 Å². The Balaban J connectivity index is 1.68. The first kappa shape index (κ1) is 16.0. The standard InChI is InChI=1S/C16H18N4O4/c1-22-13-12(4-3-6-17-13)16(21)20-9-5-11(10-20)24-15-14(23-2)18-7-8-19-15/h3-4,6-8,11H,5,9-10H2,1-2H3. The molecule has 24 heavy (non-hydrogen) atoms. The third kappa shape index (κ3) is 3.22. The zero-order chi connectivity index (χ0) is 16.9. The molecule has 2 aromatic heterocycles. The number of methoxy groups -OCH3 is 2. The summed E-state index contributed by atoms with van der Waals surface area (Å²) in [6.45, 7) is 1.04. The van der Waals surface area contributed by atoms with E-state index in [9.17, 15) is 4.79 Å². The fourth-order valence-corrected chi connectivity index (χ4v) is 2.59. The number of rotatable bonds is 5. The van der Waals surface area contributed by atoms with Crippen LogP contribution in [0.15, 0.2) is 30.7 Å². The Morgan fingerprint density at radius 3 is 2.54 bits per heavy atom. The van der Waals surface area contributed by atoms with Crippen LogP contribution >= 0.6 is 0 Å². The number of aromatic nitrogens is 3. The highest BCUT2D eigenvalue weighted by molar-refractivity contribution is 5.96. The minimum atomic E-state index is -0.165. The van der Waals surface area contributed by atoms with Gasteiger partial charge in [-0.15, -0.1) is 0 Å². The van der Waals surface area contributed by atoms with E-state index in [2.05, 4.69) is 15.0 Å². The van der Waals surface area contributed by atoms with Crippen molar-refractivity contribution < 1.29 is 19.0 Å². The van der Waals surface area contributed by atoms with Crippen molar-refractivity contribution in [3.8, 4) is 17.6 Å². The maximum Gasteiger partial charge on any atom is 0.278 e. The molecule has 3 rings (SSSR count). The molecular weight excluding hydrogens is 312 g/mol. The second-order valence-corrected chi connectivity index (χ2v) is 5.21. The van der Waals surface area contributed by atoms with E-state index in [-0.39, 0.29) is 12.0 Å². The third-order valence-electron chi connectivity index (χ3n) is 3.73. The highest BCUT2D eigenvalue weighted by Crippen LogP contribution is 2.25. The van der Waals surface area contributed by atoms with E-state index >= 15 is 0 Å².